The van der Waals surface area contributed by atoms with Crippen LogP contribution in [0.25, 0.3) is 33.4 Å². The minimum absolute atomic E-state index is 0. The number of nitrogens with zero attached hydrogens (tertiary/aromatic N) is 6. The second kappa shape index (κ2) is 26.1. The van der Waals surface area contributed by atoms with Crippen LogP contribution < -0.4 is 16.0 Å². The second-order valence-electron chi connectivity index (χ2n) is 13.8. The first kappa shape index (κ1) is 55.8. The molecule has 0 aliphatic rings. The average Bonchev–Trinajstić information content (AvgIpc) is 3.34. The summed E-state index contributed by atoms with van der Waals surface area (Å²) in [4.78, 5) is 111. The van der Waals surface area contributed by atoms with Crippen LogP contribution in [0.4, 0.5) is 17.1 Å². The van der Waals surface area contributed by atoms with E-state index in [1.54, 1.807) is 20.8 Å². The SMILES string of the molecule is CCNC(=O)c1cc(-c2ccc([N+](=O)[O-])cc2)cc(C(=O)O)n1.CCNC(=O)c1cc(-c2ccc([N+](=O)[O-])cc2)cc(C(=O)O)n1.CCNC(=O)c1cc(-c2ccc([N+](=O)[O-])cc2)cc(C(=O)O)n1.[Sm+3]. The first-order chi connectivity index (χ1) is 32.8. The molecule has 3 amide bonds. The predicted molar refractivity (Wildman–Crippen MR) is 244 cm³/mol. The zero-order chi connectivity index (χ0) is 50.9. The van der Waals surface area contributed by atoms with E-state index in [4.69, 9.17) is 15.3 Å². The molecule has 3 aromatic heterocycles. The van der Waals surface area contributed by atoms with Gasteiger partial charge in [0.25, 0.3) is 34.8 Å². The van der Waals surface area contributed by atoms with Crippen molar-refractivity contribution in [3.63, 3.8) is 0 Å². The molecular weight excluding hydrogens is 1060 g/mol. The van der Waals surface area contributed by atoms with Crippen molar-refractivity contribution in [2.75, 3.05) is 19.6 Å². The van der Waals surface area contributed by atoms with Gasteiger partial charge in [0.2, 0.25) is 0 Å². The largest absolute Gasteiger partial charge is 3.00 e. The molecule has 0 aliphatic carbocycles. The Morgan fingerprint density at radius 2 is 0.600 bits per heavy atom. The second-order valence-corrected chi connectivity index (χ2v) is 13.8. The summed E-state index contributed by atoms with van der Waals surface area (Å²) < 4.78 is 0. The van der Waals surface area contributed by atoms with Crippen molar-refractivity contribution in [3.8, 4) is 33.4 Å². The van der Waals surface area contributed by atoms with Gasteiger partial charge in [-0.25, -0.2) is 29.3 Å². The number of carboxylic acids is 3. The van der Waals surface area contributed by atoms with Crippen LogP contribution in [0.2, 0.25) is 0 Å². The molecule has 0 saturated heterocycles. The molecule has 1 radical (unpaired) electrons. The normalized spacial score (nSPS) is 9.99. The van der Waals surface area contributed by atoms with Gasteiger partial charge in [-0.3, -0.25) is 44.7 Å². The van der Waals surface area contributed by atoms with Crippen LogP contribution in [0.5, 0.6) is 0 Å². The number of rotatable bonds is 15. The molecule has 70 heavy (non-hydrogen) atoms. The zero-order valence-electron chi connectivity index (χ0n) is 36.8. The van der Waals surface area contributed by atoms with E-state index in [2.05, 4.69) is 30.9 Å². The average molecular weight is 1100 g/mol. The molecule has 0 saturated carbocycles. The van der Waals surface area contributed by atoms with E-state index >= 15 is 0 Å². The van der Waals surface area contributed by atoms with Gasteiger partial charge >= 0.3 is 58.3 Å². The van der Waals surface area contributed by atoms with Crippen molar-refractivity contribution in [2.45, 2.75) is 20.8 Å². The maximum absolute atomic E-state index is 11.9. The van der Waals surface area contributed by atoms with Crippen molar-refractivity contribution < 1.29 is 99.2 Å². The Balaban J connectivity index is 0.000000276. The Morgan fingerprint density at radius 1 is 0.400 bits per heavy atom. The molecule has 24 nitrogen and oxygen atoms in total. The van der Waals surface area contributed by atoms with Crippen LogP contribution >= 0.6 is 0 Å². The number of hydrogen-bond acceptors (Lipinski definition) is 15. The summed E-state index contributed by atoms with van der Waals surface area (Å²) >= 11 is 0. The first-order valence-corrected chi connectivity index (χ1v) is 20.1. The van der Waals surface area contributed by atoms with Crippen LogP contribution in [0.15, 0.2) is 109 Å². The Labute approximate surface area is 427 Å². The van der Waals surface area contributed by atoms with Gasteiger partial charge in [-0.2, -0.15) is 0 Å². The fraction of sp³-hybridized carbons (Fsp3) is 0.133. The number of hydrogen-bond donors (Lipinski definition) is 6. The van der Waals surface area contributed by atoms with Crippen molar-refractivity contribution in [3.05, 3.63) is 174 Å². The van der Waals surface area contributed by atoms with Crippen LogP contribution in [-0.2, 0) is 0 Å². The summed E-state index contributed by atoms with van der Waals surface area (Å²) in [5.74, 6) is -5.26. The van der Waals surface area contributed by atoms with Crippen LogP contribution in [0, 0.1) is 70.7 Å². The smallest absolute Gasteiger partial charge is 0.477 e. The van der Waals surface area contributed by atoms with Gasteiger partial charge in [0.05, 0.1) is 14.8 Å². The zero-order valence-corrected chi connectivity index (χ0v) is 39.5. The molecule has 25 heteroatoms. The number of carbonyl (C=O) groups excluding carboxylic acids is 3. The number of aromatic nitrogens is 3. The molecule has 6 rings (SSSR count). The molecule has 0 atom stereocenters. The number of pyridine rings is 3. The van der Waals surface area contributed by atoms with Gasteiger partial charge in [0.1, 0.15) is 34.2 Å². The van der Waals surface area contributed by atoms with Crippen LogP contribution in [0.3, 0.4) is 0 Å². The summed E-state index contributed by atoms with van der Waals surface area (Å²) in [6.07, 6.45) is 0. The van der Waals surface area contributed by atoms with E-state index in [1.165, 1.54) is 109 Å². The number of amides is 3. The van der Waals surface area contributed by atoms with Gasteiger partial charge in [0.15, 0.2) is 0 Å². The minimum Gasteiger partial charge on any atom is -0.477 e. The predicted octanol–water partition coefficient (Wildman–Crippen LogP) is 6.31. The summed E-state index contributed by atoms with van der Waals surface area (Å²) in [5.41, 5.74) is 1.81. The third-order valence-electron chi connectivity index (χ3n) is 9.08. The van der Waals surface area contributed by atoms with Crippen molar-refractivity contribution in [1.82, 2.24) is 30.9 Å². The molecule has 0 bridgehead atoms. The fourth-order valence-corrected chi connectivity index (χ4v) is 5.85. The van der Waals surface area contributed by atoms with Gasteiger partial charge in [0, 0.05) is 56.0 Å². The van der Waals surface area contributed by atoms with Crippen LogP contribution in [-0.4, -0.2) is 100 Å². The van der Waals surface area contributed by atoms with Gasteiger partial charge in [-0.15, -0.1) is 0 Å². The van der Waals surface area contributed by atoms with E-state index in [9.17, 15) is 59.1 Å². The number of nitro groups is 3. The van der Waals surface area contributed by atoms with Crippen molar-refractivity contribution in [1.29, 1.82) is 0 Å². The van der Waals surface area contributed by atoms with E-state index in [0.717, 1.165) is 0 Å². The first-order valence-electron chi connectivity index (χ1n) is 20.1. The number of carboxylic acid groups (broad SMARTS) is 3. The monoisotopic (exact) mass is 1100 g/mol. The Morgan fingerprint density at radius 3 is 0.771 bits per heavy atom. The molecule has 0 fully saturated rings. The van der Waals surface area contributed by atoms with E-state index in [-0.39, 0.29) is 91.6 Å². The summed E-state index contributed by atoms with van der Waals surface area (Å²) in [5, 5.41) is 67.0. The van der Waals surface area contributed by atoms with Gasteiger partial charge in [-0.05, 0) is 127 Å². The molecule has 3 heterocycles. The quantitative estimate of drug-likeness (QED) is 0.0484. The summed E-state index contributed by atoms with van der Waals surface area (Å²) in [6, 6.07) is 25.0. The number of benzene rings is 3. The summed E-state index contributed by atoms with van der Waals surface area (Å²) in [6.45, 7) is 6.34. The third kappa shape index (κ3) is 15.5. The van der Waals surface area contributed by atoms with Gasteiger partial charge in [-0.1, -0.05) is 0 Å². The fourth-order valence-electron chi connectivity index (χ4n) is 5.85. The topological polar surface area (TPSA) is 367 Å². The molecule has 0 aliphatic heterocycles. The Bertz CT molecular complexity index is 2640. The molecular formula is C45H39N9O15Sm+3. The molecule has 3 aromatic carbocycles. The third-order valence-corrected chi connectivity index (χ3v) is 9.08. The van der Waals surface area contributed by atoms with E-state index < -0.39 is 50.4 Å². The number of carbonyl (C=O) groups is 6. The standard InChI is InChI=1S/3C15H13N3O5.Sm/c3*1-2-16-14(19)12-7-10(8-13(17-12)15(20)21)9-3-5-11(6-4-9)18(22)23;/h3*3-8H,2H2,1H3,(H,16,19)(H,20,21);/q;;;+3. The van der Waals surface area contributed by atoms with Gasteiger partial charge < -0.3 is 31.3 Å². The van der Waals surface area contributed by atoms with Crippen LogP contribution in [0.1, 0.15) is 83.7 Å². The number of non-ortho nitro benzene ring substituents is 3. The van der Waals surface area contributed by atoms with Crippen molar-refractivity contribution in [2.24, 2.45) is 0 Å². The molecule has 6 aromatic rings. The van der Waals surface area contributed by atoms with Crippen molar-refractivity contribution >= 4 is 52.7 Å². The summed E-state index contributed by atoms with van der Waals surface area (Å²) in [7, 11) is 0. The number of nitrogens with one attached hydrogen (secondary N) is 3. The molecule has 6 N–H and O–H groups in total. The minimum atomic E-state index is -1.26. The van der Waals surface area contributed by atoms with E-state index in [0.29, 0.717) is 53.0 Å². The molecule has 0 unspecified atom stereocenters. The van der Waals surface area contributed by atoms with E-state index in [1.807, 2.05) is 0 Å². The number of aromatic carboxylic acids is 3. The number of nitro benzene ring substituents is 3. The maximum atomic E-state index is 11.9. The molecule has 0 spiro atoms. The Kier molecular flexibility index (Phi) is 20.8. The Hall–Kier alpha value is -8.53. The molecule has 357 valence electrons. The maximum Gasteiger partial charge on any atom is 3.00 e.